The molecule has 0 saturated heterocycles. The maximum Gasteiger partial charge on any atom is 0.430 e. The molecule has 0 aliphatic rings. The number of hydrogen-bond acceptors (Lipinski definition) is 7. The van der Waals surface area contributed by atoms with Crippen LogP contribution in [-0.4, -0.2) is 56.3 Å². The minimum absolute atomic E-state index is 0.0152. The van der Waals surface area contributed by atoms with Crippen LogP contribution in [0.25, 0.3) is 21.8 Å². The number of fused-ring (bicyclic) bond motifs is 2. The summed E-state index contributed by atoms with van der Waals surface area (Å²) in [5.41, 5.74) is -11.2. The van der Waals surface area contributed by atoms with Gasteiger partial charge in [-0.1, -0.05) is 61.5 Å². The van der Waals surface area contributed by atoms with E-state index >= 15 is 0 Å². The van der Waals surface area contributed by atoms with Crippen LogP contribution >= 0.6 is 0 Å². The van der Waals surface area contributed by atoms with E-state index in [4.69, 9.17) is 0 Å². The number of pyridine rings is 2. The van der Waals surface area contributed by atoms with Gasteiger partial charge in [0, 0.05) is 35.2 Å². The smallest absolute Gasteiger partial charge is 0.430 e. The highest BCUT2D eigenvalue weighted by molar-refractivity contribution is 5.99. The van der Waals surface area contributed by atoms with Gasteiger partial charge in [0.2, 0.25) is 0 Å². The molecule has 0 aliphatic carbocycles. The van der Waals surface area contributed by atoms with Crippen LogP contribution in [0.15, 0.2) is 119 Å². The predicted molar refractivity (Wildman–Crippen MR) is 205 cm³/mol. The van der Waals surface area contributed by atoms with Gasteiger partial charge in [-0.25, -0.2) is 0 Å². The number of carbonyl (C=O) groups excluding carboxylic acids is 2. The number of carbonyl (C=O) groups is 2. The Kier molecular flexibility index (Phi) is 13.6. The normalized spacial score (nSPS) is 12.8. The zero-order valence-electron chi connectivity index (χ0n) is 32.7. The minimum atomic E-state index is -5.98. The van der Waals surface area contributed by atoms with Gasteiger partial charge in [-0.2, -0.15) is 52.7 Å². The molecule has 0 saturated carbocycles. The molecule has 0 fully saturated rings. The van der Waals surface area contributed by atoms with Crippen LogP contribution in [0.1, 0.15) is 51.5 Å². The first-order valence-corrected chi connectivity index (χ1v) is 18.4. The van der Waals surface area contributed by atoms with Gasteiger partial charge in [-0.3, -0.25) is 19.2 Å². The summed E-state index contributed by atoms with van der Waals surface area (Å²) in [6.07, 6.45) is -23.6. The molecule has 0 radical (unpaired) electrons. The van der Waals surface area contributed by atoms with Crippen LogP contribution in [0.2, 0.25) is 0 Å². The fourth-order valence-electron chi connectivity index (χ4n) is 6.62. The average molecular weight is 917 g/mol. The van der Waals surface area contributed by atoms with Crippen LogP contribution < -0.4 is 11.1 Å². The fourth-order valence-corrected chi connectivity index (χ4v) is 6.62. The number of ether oxygens (including phenoxy) is 1. The SMILES string of the molecule is CCC(=O)c1ccc2c(ccc(=O)n2Cc2ccc(C(O)(C(F)(F)F)C(F)(F)F)cc2)c1.O=COCc1ccc2c(ccc(=O)n2Cc2ccc(C(O)(C(F)(F)F)C(F)(F)F)cc2)c1. The number of aromatic nitrogens is 2. The van der Waals surface area contributed by atoms with Gasteiger partial charge in [0.05, 0.1) is 24.1 Å². The van der Waals surface area contributed by atoms with E-state index in [1.807, 2.05) is 0 Å². The Labute approximate surface area is 352 Å². The second-order valence-electron chi connectivity index (χ2n) is 14.2. The van der Waals surface area contributed by atoms with Crippen molar-refractivity contribution >= 4 is 34.1 Å². The number of nitrogens with zero attached hydrogens (tertiary/aromatic N) is 2. The summed E-state index contributed by atoms with van der Waals surface area (Å²) in [7, 11) is 0. The monoisotopic (exact) mass is 916 g/mol. The van der Waals surface area contributed by atoms with E-state index < -0.39 is 58.2 Å². The number of benzene rings is 4. The third-order valence-corrected chi connectivity index (χ3v) is 10.1. The van der Waals surface area contributed by atoms with Crippen molar-refractivity contribution in [2.24, 2.45) is 0 Å². The fraction of sp³-hybridized carbons (Fsp3) is 0.256. The molecule has 0 spiro atoms. The van der Waals surface area contributed by atoms with Crippen LogP contribution in [0.4, 0.5) is 52.7 Å². The lowest BCUT2D eigenvalue weighted by Crippen LogP contribution is -2.53. The molecule has 0 amide bonds. The number of halogens is 12. The van der Waals surface area contributed by atoms with Crippen LogP contribution in [0.3, 0.4) is 0 Å². The summed E-state index contributed by atoms with van der Waals surface area (Å²) in [5.74, 6) is -0.0953. The molecule has 0 bridgehead atoms. The van der Waals surface area contributed by atoms with Crippen LogP contribution in [0.5, 0.6) is 0 Å². The number of Topliss-reactive ketones (excluding diaryl/α,β-unsaturated/α-hetero) is 1. The summed E-state index contributed by atoms with van der Waals surface area (Å²) in [5, 5.41) is 20.1. The highest BCUT2D eigenvalue weighted by atomic mass is 19.4. The van der Waals surface area contributed by atoms with Gasteiger partial charge in [0.15, 0.2) is 5.78 Å². The molecule has 64 heavy (non-hydrogen) atoms. The molecule has 2 heterocycles. The number of hydrogen-bond donors (Lipinski definition) is 2. The summed E-state index contributed by atoms with van der Waals surface area (Å²) in [6.45, 7) is 1.72. The highest BCUT2D eigenvalue weighted by Gasteiger charge is 2.72. The molecule has 0 unspecified atom stereocenters. The number of ketones is 1. The molecule has 2 N–H and O–H groups in total. The second-order valence-corrected chi connectivity index (χ2v) is 14.2. The third-order valence-electron chi connectivity index (χ3n) is 10.1. The summed E-state index contributed by atoms with van der Waals surface area (Å²) in [4.78, 5) is 46.9. The van der Waals surface area contributed by atoms with Gasteiger partial charge < -0.3 is 24.1 Å². The molecule has 9 nitrogen and oxygen atoms in total. The Balaban J connectivity index is 0.000000241. The second kappa shape index (κ2) is 17.9. The van der Waals surface area contributed by atoms with Crippen molar-refractivity contribution in [2.75, 3.05) is 0 Å². The topological polar surface area (TPSA) is 128 Å². The van der Waals surface area contributed by atoms with Gasteiger partial charge in [-0.05, 0) is 69.9 Å². The Morgan fingerprint density at radius 3 is 1.30 bits per heavy atom. The van der Waals surface area contributed by atoms with E-state index in [1.165, 1.54) is 33.4 Å². The zero-order chi connectivity index (χ0) is 47.6. The molecule has 21 heteroatoms. The molecule has 6 aromatic rings. The van der Waals surface area contributed by atoms with Crippen LogP contribution in [0, 0.1) is 0 Å². The minimum Gasteiger partial charge on any atom is -0.463 e. The molecule has 4 aromatic carbocycles. The quantitative estimate of drug-likeness (QED) is 0.0755. The largest absolute Gasteiger partial charge is 0.463 e. The first-order chi connectivity index (χ1) is 29.7. The molecule has 0 atom stereocenters. The average Bonchev–Trinajstić information content (AvgIpc) is 3.23. The maximum atomic E-state index is 13.0. The van der Waals surface area contributed by atoms with Crippen molar-refractivity contribution < 1.29 is 77.2 Å². The van der Waals surface area contributed by atoms with Crippen LogP contribution in [-0.2, 0) is 40.4 Å². The van der Waals surface area contributed by atoms with Crippen molar-refractivity contribution in [1.82, 2.24) is 9.13 Å². The Hall–Kier alpha value is -6.48. The van der Waals surface area contributed by atoms with Crippen molar-refractivity contribution in [1.29, 1.82) is 0 Å². The van der Waals surface area contributed by atoms with E-state index in [0.717, 1.165) is 24.3 Å². The van der Waals surface area contributed by atoms with E-state index in [0.29, 0.717) is 63.6 Å². The van der Waals surface area contributed by atoms with Crippen molar-refractivity contribution in [3.8, 4) is 0 Å². The zero-order valence-corrected chi connectivity index (χ0v) is 32.7. The highest BCUT2D eigenvalue weighted by Crippen LogP contribution is 2.51. The summed E-state index contributed by atoms with van der Waals surface area (Å²) < 4.78 is 164. The van der Waals surface area contributed by atoms with Crippen molar-refractivity contribution in [2.45, 2.75) is 68.9 Å². The molecule has 0 aliphatic heterocycles. The predicted octanol–water partition coefficient (Wildman–Crippen LogP) is 8.99. The maximum absolute atomic E-state index is 13.0. The van der Waals surface area contributed by atoms with E-state index in [9.17, 15) is 82.1 Å². The number of rotatable bonds is 11. The molecular formula is C43H32F12N2O7. The van der Waals surface area contributed by atoms with E-state index in [2.05, 4.69) is 4.74 Å². The number of aliphatic hydroxyl groups is 2. The first-order valence-electron chi connectivity index (χ1n) is 18.4. The van der Waals surface area contributed by atoms with E-state index in [1.54, 1.807) is 43.3 Å². The van der Waals surface area contributed by atoms with Gasteiger partial charge >= 0.3 is 24.7 Å². The molecular weight excluding hydrogens is 884 g/mol. The summed E-state index contributed by atoms with van der Waals surface area (Å²) >= 11 is 0. The Morgan fingerprint density at radius 1 is 0.547 bits per heavy atom. The van der Waals surface area contributed by atoms with Gasteiger partial charge in [0.25, 0.3) is 28.8 Å². The Bertz CT molecular complexity index is 2750. The molecule has 2 aromatic heterocycles. The lowest BCUT2D eigenvalue weighted by Gasteiger charge is -2.32. The molecule has 6 rings (SSSR count). The van der Waals surface area contributed by atoms with E-state index in [-0.39, 0.29) is 43.1 Å². The van der Waals surface area contributed by atoms with Gasteiger partial charge in [0.1, 0.15) is 6.61 Å². The lowest BCUT2D eigenvalue weighted by molar-refractivity contribution is -0.376. The summed E-state index contributed by atoms with van der Waals surface area (Å²) in [6, 6.07) is 21.2. The van der Waals surface area contributed by atoms with Crippen molar-refractivity contribution in [3.05, 3.63) is 163 Å². The van der Waals surface area contributed by atoms with Gasteiger partial charge in [-0.15, -0.1) is 0 Å². The lowest BCUT2D eigenvalue weighted by atomic mass is 9.91. The van der Waals surface area contributed by atoms with Crippen molar-refractivity contribution in [3.63, 3.8) is 0 Å². The Morgan fingerprint density at radius 2 is 0.922 bits per heavy atom. The molecule has 340 valence electrons. The third kappa shape index (κ3) is 9.54. The number of alkyl halides is 12. The first kappa shape index (κ1) is 48.6. The standard InChI is InChI=1S/C22H17F6NO3.C21H15F6NO4/c1-2-18(30)15-5-9-17-14(11-15)6-10-19(31)29(17)12-13-3-7-16(8-4-13)20(32,21(23,24)25)22(26,27)28;22-20(23,24)19(31,21(25,26)27)16-5-1-13(2-6-16)10-28-17-7-3-14(11-32-12-29)9-15(17)4-8-18(28)30/h3-11,32H,2,12H2,1H3;1-9,12,31H,10-11H2.